The fourth-order valence-electron chi connectivity index (χ4n) is 2.77. The van der Waals surface area contributed by atoms with Crippen LogP contribution in [-0.4, -0.2) is 30.8 Å². The SMILES string of the molecule is CCNC(c1cccc(CC(C)C)c1)C1CSCCO1. The van der Waals surface area contributed by atoms with Gasteiger partial charge in [0, 0.05) is 11.5 Å². The third kappa shape index (κ3) is 4.51. The zero-order valence-corrected chi connectivity index (χ0v) is 13.7. The summed E-state index contributed by atoms with van der Waals surface area (Å²) in [5.41, 5.74) is 2.81. The molecule has 1 saturated heterocycles. The Hall–Kier alpha value is -0.510. The molecular weight excluding hydrogens is 266 g/mol. The van der Waals surface area contributed by atoms with E-state index in [1.54, 1.807) is 0 Å². The molecule has 2 rings (SSSR count). The number of likely N-dealkylation sites (N-methyl/N-ethyl adjacent to an activating group) is 1. The molecule has 1 aromatic carbocycles. The van der Waals surface area contributed by atoms with Crippen molar-refractivity contribution < 1.29 is 4.74 Å². The van der Waals surface area contributed by atoms with Crippen LogP contribution in [0.2, 0.25) is 0 Å². The van der Waals surface area contributed by atoms with Crippen molar-refractivity contribution in [3.05, 3.63) is 35.4 Å². The Morgan fingerprint density at radius 1 is 1.40 bits per heavy atom. The number of hydrogen-bond donors (Lipinski definition) is 1. The van der Waals surface area contributed by atoms with Gasteiger partial charge in [-0.2, -0.15) is 11.8 Å². The van der Waals surface area contributed by atoms with Crippen molar-refractivity contribution >= 4 is 11.8 Å². The Balaban J connectivity index is 2.15. The number of benzene rings is 1. The molecule has 1 heterocycles. The molecule has 0 amide bonds. The quantitative estimate of drug-likeness (QED) is 0.865. The molecule has 0 bridgehead atoms. The van der Waals surface area contributed by atoms with Crippen molar-refractivity contribution in [1.82, 2.24) is 5.32 Å². The van der Waals surface area contributed by atoms with Crippen LogP contribution in [0.25, 0.3) is 0 Å². The molecule has 1 aromatic rings. The normalized spacial score (nSPS) is 21.1. The van der Waals surface area contributed by atoms with Crippen LogP contribution in [0.4, 0.5) is 0 Å². The van der Waals surface area contributed by atoms with Crippen molar-refractivity contribution in [3.8, 4) is 0 Å². The first kappa shape index (κ1) is 15.9. The lowest BCUT2D eigenvalue weighted by molar-refractivity contribution is 0.0472. The van der Waals surface area contributed by atoms with Gasteiger partial charge in [0.2, 0.25) is 0 Å². The molecule has 2 atom stereocenters. The predicted molar refractivity (Wildman–Crippen MR) is 88.5 cm³/mol. The van der Waals surface area contributed by atoms with Gasteiger partial charge in [-0.3, -0.25) is 0 Å². The van der Waals surface area contributed by atoms with Gasteiger partial charge in [0.15, 0.2) is 0 Å². The average molecular weight is 293 g/mol. The van der Waals surface area contributed by atoms with Crippen molar-refractivity contribution in [3.63, 3.8) is 0 Å². The Morgan fingerprint density at radius 3 is 2.90 bits per heavy atom. The number of nitrogens with one attached hydrogen (secondary N) is 1. The smallest absolute Gasteiger partial charge is 0.0860 e. The van der Waals surface area contributed by atoms with Crippen molar-refractivity contribution in [2.45, 2.75) is 39.3 Å². The molecule has 112 valence electrons. The van der Waals surface area contributed by atoms with Gasteiger partial charge in [-0.1, -0.05) is 45.0 Å². The molecule has 0 aliphatic carbocycles. The summed E-state index contributed by atoms with van der Waals surface area (Å²) in [4.78, 5) is 0. The highest BCUT2D eigenvalue weighted by molar-refractivity contribution is 7.99. The number of ether oxygens (including phenoxy) is 1. The molecule has 1 fully saturated rings. The molecule has 0 radical (unpaired) electrons. The van der Waals surface area contributed by atoms with Crippen molar-refractivity contribution in [2.75, 3.05) is 24.7 Å². The number of thioether (sulfide) groups is 1. The standard InChI is InChI=1S/C17H27NOS/c1-4-18-17(16-12-20-9-8-19-16)15-7-5-6-14(11-15)10-13(2)3/h5-7,11,13,16-18H,4,8-10,12H2,1-3H3. The first-order valence-electron chi connectivity index (χ1n) is 7.72. The third-order valence-electron chi connectivity index (χ3n) is 3.59. The van der Waals surface area contributed by atoms with E-state index >= 15 is 0 Å². The van der Waals surface area contributed by atoms with Crippen LogP contribution in [-0.2, 0) is 11.2 Å². The van der Waals surface area contributed by atoms with Crippen LogP contribution in [0.15, 0.2) is 24.3 Å². The highest BCUT2D eigenvalue weighted by atomic mass is 32.2. The van der Waals surface area contributed by atoms with Crippen LogP contribution < -0.4 is 5.32 Å². The molecule has 20 heavy (non-hydrogen) atoms. The molecule has 2 unspecified atom stereocenters. The summed E-state index contributed by atoms with van der Waals surface area (Å²) < 4.78 is 5.98. The molecule has 2 nitrogen and oxygen atoms in total. The molecule has 0 spiro atoms. The van der Waals surface area contributed by atoms with Gasteiger partial charge in [0.1, 0.15) is 0 Å². The monoisotopic (exact) mass is 293 g/mol. The molecule has 1 N–H and O–H groups in total. The minimum atomic E-state index is 0.294. The summed E-state index contributed by atoms with van der Waals surface area (Å²) >= 11 is 2.00. The van der Waals surface area contributed by atoms with Crippen LogP contribution in [0.5, 0.6) is 0 Å². The van der Waals surface area contributed by atoms with Gasteiger partial charge in [-0.25, -0.2) is 0 Å². The van der Waals surface area contributed by atoms with E-state index < -0.39 is 0 Å². The average Bonchev–Trinajstić information content (AvgIpc) is 2.45. The van der Waals surface area contributed by atoms with Crippen molar-refractivity contribution in [1.29, 1.82) is 0 Å². The third-order valence-corrected chi connectivity index (χ3v) is 4.61. The maximum Gasteiger partial charge on any atom is 0.0860 e. The molecule has 0 saturated carbocycles. The second kappa shape index (κ2) is 8.06. The minimum Gasteiger partial charge on any atom is -0.375 e. The topological polar surface area (TPSA) is 21.3 Å². The largest absolute Gasteiger partial charge is 0.375 e. The summed E-state index contributed by atoms with van der Waals surface area (Å²) in [5.74, 6) is 2.92. The lowest BCUT2D eigenvalue weighted by Gasteiger charge is -2.31. The predicted octanol–water partition coefficient (Wildman–Crippen LogP) is 3.67. The van der Waals surface area contributed by atoms with Crippen LogP contribution in [0, 0.1) is 5.92 Å². The van der Waals surface area contributed by atoms with E-state index in [4.69, 9.17) is 4.74 Å². The Morgan fingerprint density at radius 2 is 2.25 bits per heavy atom. The summed E-state index contributed by atoms with van der Waals surface area (Å²) in [6.07, 6.45) is 1.44. The van der Waals surface area contributed by atoms with E-state index in [-0.39, 0.29) is 0 Å². The van der Waals surface area contributed by atoms with E-state index in [2.05, 4.69) is 50.4 Å². The fourth-order valence-corrected chi connectivity index (χ4v) is 3.67. The first-order chi connectivity index (χ1) is 9.70. The molecule has 3 heteroatoms. The highest BCUT2D eigenvalue weighted by Crippen LogP contribution is 2.26. The van der Waals surface area contributed by atoms with Crippen LogP contribution >= 0.6 is 11.8 Å². The molecule has 0 aromatic heterocycles. The highest BCUT2D eigenvalue weighted by Gasteiger charge is 2.25. The zero-order valence-electron chi connectivity index (χ0n) is 12.9. The van der Waals surface area contributed by atoms with Gasteiger partial charge in [0.25, 0.3) is 0 Å². The Bertz CT molecular complexity index is 402. The van der Waals surface area contributed by atoms with Crippen LogP contribution in [0.3, 0.4) is 0 Å². The van der Waals surface area contributed by atoms with Gasteiger partial charge in [-0.15, -0.1) is 0 Å². The lowest BCUT2D eigenvalue weighted by Crippen LogP contribution is -2.38. The van der Waals surface area contributed by atoms with Crippen LogP contribution in [0.1, 0.15) is 37.9 Å². The summed E-state index contributed by atoms with van der Waals surface area (Å²) in [6.45, 7) is 8.57. The van der Waals surface area contributed by atoms with Gasteiger partial charge < -0.3 is 10.1 Å². The fraction of sp³-hybridized carbons (Fsp3) is 0.647. The maximum atomic E-state index is 5.98. The number of rotatable bonds is 6. The van der Waals surface area contributed by atoms with E-state index in [1.165, 1.54) is 11.1 Å². The van der Waals surface area contributed by atoms with E-state index in [0.717, 1.165) is 31.1 Å². The van der Waals surface area contributed by atoms with Gasteiger partial charge in [0.05, 0.1) is 18.8 Å². The number of hydrogen-bond acceptors (Lipinski definition) is 3. The van der Waals surface area contributed by atoms with Gasteiger partial charge >= 0.3 is 0 Å². The minimum absolute atomic E-state index is 0.294. The summed E-state index contributed by atoms with van der Waals surface area (Å²) in [7, 11) is 0. The van der Waals surface area contributed by atoms with E-state index in [0.29, 0.717) is 18.1 Å². The second-order valence-corrected chi connectivity index (χ2v) is 7.01. The first-order valence-corrected chi connectivity index (χ1v) is 8.87. The molecular formula is C17H27NOS. The Labute approximate surface area is 127 Å². The Kier molecular flexibility index (Phi) is 6.40. The summed E-state index contributed by atoms with van der Waals surface area (Å²) in [5, 5.41) is 3.61. The lowest BCUT2D eigenvalue weighted by atomic mass is 9.96. The molecule has 1 aliphatic heterocycles. The second-order valence-electron chi connectivity index (χ2n) is 5.86. The summed E-state index contributed by atoms with van der Waals surface area (Å²) in [6, 6.07) is 9.34. The van der Waals surface area contributed by atoms with E-state index in [9.17, 15) is 0 Å². The molecule has 1 aliphatic rings. The van der Waals surface area contributed by atoms with Gasteiger partial charge in [-0.05, 0) is 30.0 Å². The van der Waals surface area contributed by atoms with Crippen molar-refractivity contribution in [2.24, 2.45) is 5.92 Å². The van der Waals surface area contributed by atoms with E-state index in [1.807, 2.05) is 11.8 Å². The maximum absolute atomic E-state index is 5.98. The zero-order chi connectivity index (χ0) is 14.4.